The third-order valence-electron chi connectivity index (χ3n) is 7.70. The summed E-state index contributed by atoms with van der Waals surface area (Å²) >= 11 is 1.58. The van der Waals surface area contributed by atoms with E-state index in [1.165, 1.54) is 0 Å². The minimum atomic E-state index is -0.131. The SMILES string of the molecule is CCN(CC)CCNC(=O)CCc1c(C)[nH]c(/C=C2\C(=O)Nc3ccc(-c4csc(-c5ccncc5)n4)cc32)c1C. The second-order valence-electron chi connectivity index (χ2n) is 10.2. The first-order valence-corrected chi connectivity index (χ1v) is 15.0. The van der Waals surface area contributed by atoms with Crippen molar-refractivity contribution in [2.75, 3.05) is 31.5 Å². The van der Waals surface area contributed by atoms with Crippen LogP contribution in [0.1, 0.15) is 48.3 Å². The minimum absolute atomic E-state index is 0.0582. The Morgan fingerprint density at radius 3 is 2.63 bits per heavy atom. The molecule has 1 aromatic carbocycles. The van der Waals surface area contributed by atoms with Crippen LogP contribution in [0.3, 0.4) is 0 Å². The molecule has 4 heterocycles. The van der Waals surface area contributed by atoms with Crippen molar-refractivity contribution in [2.24, 2.45) is 0 Å². The summed E-state index contributed by atoms with van der Waals surface area (Å²) in [5, 5.41) is 9.00. The first kappa shape index (κ1) is 28.4. The molecular weight excluding hydrogens is 532 g/mol. The number of benzene rings is 1. The van der Waals surface area contributed by atoms with Gasteiger partial charge in [0.05, 0.1) is 11.3 Å². The number of nitrogens with zero attached hydrogens (tertiary/aromatic N) is 3. The number of aromatic nitrogens is 3. The van der Waals surface area contributed by atoms with Crippen molar-refractivity contribution < 1.29 is 9.59 Å². The predicted molar refractivity (Wildman–Crippen MR) is 167 cm³/mol. The zero-order valence-corrected chi connectivity index (χ0v) is 24.8. The molecule has 0 saturated heterocycles. The van der Waals surface area contributed by atoms with Crippen LogP contribution in [0.5, 0.6) is 0 Å². The average molecular weight is 569 g/mol. The van der Waals surface area contributed by atoms with E-state index in [-0.39, 0.29) is 11.8 Å². The number of thiazole rings is 1. The molecule has 0 unspecified atom stereocenters. The van der Waals surface area contributed by atoms with Gasteiger partial charge >= 0.3 is 0 Å². The van der Waals surface area contributed by atoms with Crippen LogP contribution in [0, 0.1) is 13.8 Å². The number of carbonyl (C=O) groups is 2. The van der Waals surface area contributed by atoms with Crippen molar-refractivity contribution in [1.29, 1.82) is 0 Å². The molecule has 41 heavy (non-hydrogen) atoms. The Morgan fingerprint density at radius 1 is 1.10 bits per heavy atom. The predicted octanol–water partition coefficient (Wildman–Crippen LogP) is 5.70. The molecule has 9 heteroatoms. The van der Waals surface area contributed by atoms with Crippen LogP contribution in [0.15, 0.2) is 48.1 Å². The molecule has 0 bridgehead atoms. The lowest BCUT2D eigenvalue weighted by Crippen LogP contribution is -2.34. The van der Waals surface area contributed by atoms with Gasteiger partial charge in [-0.3, -0.25) is 14.6 Å². The summed E-state index contributed by atoms with van der Waals surface area (Å²) in [6.45, 7) is 11.8. The van der Waals surface area contributed by atoms with Crippen molar-refractivity contribution in [3.63, 3.8) is 0 Å². The lowest BCUT2D eigenvalue weighted by atomic mass is 10.00. The van der Waals surface area contributed by atoms with E-state index in [0.29, 0.717) is 25.0 Å². The Hall–Kier alpha value is -4.08. The maximum absolute atomic E-state index is 13.0. The molecule has 5 rings (SSSR count). The maximum Gasteiger partial charge on any atom is 0.256 e. The molecule has 0 spiro atoms. The zero-order valence-electron chi connectivity index (χ0n) is 24.0. The van der Waals surface area contributed by atoms with Gasteiger partial charge in [-0.25, -0.2) is 4.98 Å². The summed E-state index contributed by atoms with van der Waals surface area (Å²) in [5.41, 5.74) is 9.18. The van der Waals surface area contributed by atoms with Crippen LogP contribution in [-0.4, -0.2) is 57.8 Å². The number of aromatic amines is 1. The van der Waals surface area contributed by atoms with Gasteiger partial charge in [0, 0.05) is 71.0 Å². The highest BCUT2D eigenvalue weighted by Crippen LogP contribution is 2.38. The van der Waals surface area contributed by atoms with E-state index >= 15 is 0 Å². The van der Waals surface area contributed by atoms with Gasteiger partial charge in [0.15, 0.2) is 0 Å². The summed E-state index contributed by atoms with van der Waals surface area (Å²) in [6.07, 6.45) is 6.52. The van der Waals surface area contributed by atoms with Crippen molar-refractivity contribution in [3.05, 3.63) is 76.2 Å². The molecule has 8 nitrogen and oxygen atoms in total. The number of rotatable bonds is 11. The molecule has 1 aliphatic rings. The Kier molecular flexibility index (Phi) is 8.75. The molecule has 2 amide bonds. The van der Waals surface area contributed by atoms with Crippen LogP contribution < -0.4 is 10.6 Å². The topological polar surface area (TPSA) is 103 Å². The summed E-state index contributed by atoms with van der Waals surface area (Å²) in [4.78, 5) is 40.1. The van der Waals surface area contributed by atoms with Crippen molar-refractivity contribution in [1.82, 2.24) is 25.2 Å². The summed E-state index contributed by atoms with van der Waals surface area (Å²) in [7, 11) is 0. The number of H-pyrrole nitrogens is 1. The third kappa shape index (κ3) is 6.31. The maximum atomic E-state index is 13.0. The molecule has 0 atom stereocenters. The van der Waals surface area contributed by atoms with E-state index in [9.17, 15) is 9.59 Å². The lowest BCUT2D eigenvalue weighted by Gasteiger charge is -2.17. The first-order chi connectivity index (χ1) is 19.9. The number of anilines is 1. The number of pyridine rings is 1. The van der Waals surface area contributed by atoms with E-state index in [2.05, 4.69) is 39.3 Å². The van der Waals surface area contributed by atoms with Gasteiger partial charge in [-0.1, -0.05) is 19.9 Å². The monoisotopic (exact) mass is 568 g/mol. The number of aryl methyl sites for hydroxylation is 1. The van der Waals surface area contributed by atoms with Gasteiger partial charge in [0.25, 0.3) is 5.91 Å². The van der Waals surface area contributed by atoms with Crippen LogP contribution in [-0.2, 0) is 16.0 Å². The Balaban J connectivity index is 1.32. The standard InChI is InChI=1S/C32H36N6O2S/c1-5-38(6-2)16-15-34-30(39)10-8-24-20(3)28(35-21(24)4)18-26-25-17-23(7-9-27(25)36-31(26)40)29-19-41-32(37-29)22-11-13-33-14-12-22/h7,9,11-14,17-19,35H,5-6,8,10,15-16H2,1-4H3,(H,34,39)(H,36,40)/b26-18-. The number of fused-ring (bicyclic) bond motifs is 1. The smallest absolute Gasteiger partial charge is 0.256 e. The van der Waals surface area contributed by atoms with E-state index in [4.69, 9.17) is 4.98 Å². The molecule has 0 saturated carbocycles. The van der Waals surface area contributed by atoms with Gasteiger partial charge in [-0.2, -0.15) is 0 Å². The molecule has 1 aliphatic heterocycles. The molecular formula is C32H36N6O2S. The van der Waals surface area contributed by atoms with Crippen molar-refractivity contribution >= 4 is 40.5 Å². The molecule has 212 valence electrons. The quantitative estimate of drug-likeness (QED) is 0.202. The fourth-order valence-corrected chi connectivity index (χ4v) is 6.06. The van der Waals surface area contributed by atoms with Crippen LogP contribution in [0.25, 0.3) is 33.5 Å². The van der Waals surface area contributed by atoms with Gasteiger partial charge in [0.1, 0.15) is 5.01 Å². The zero-order chi connectivity index (χ0) is 28.9. The largest absolute Gasteiger partial charge is 0.359 e. The Bertz CT molecular complexity index is 1580. The van der Waals surface area contributed by atoms with E-state index < -0.39 is 0 Å². The van der Waals surface area contributed by atoms with Crippen molar-refractivity contribution in [3.8, 4) is 21.8 Å². The molecule has 0 fully saturated rings. The molecule has 4 aromatic rings. The number of hydrogen-bond donors (Lipinski definition) is 3. The number of nitrogens with one attached hydrogen (secondary N) is 3. The number of amides is 2. The van der Waals surface area contributed by atoms with Crippen molar-refractivity contribution in [2.45, 2.75) is 40.5 Å². The Morgan fingerprint density at radius 2 is 1.88 bits per heavy atom. The fourth-order valence-electron chi connectivity index (χ4n) is 5.22. The molecule has 3 aromatic heterocycles. The second-order valence-corrected chi connectivity index (χ2v) is 11.0. The number of hydrogen-bond acceptors (Lipinski definition) is 6. The number of likely N-dealkylation sites (N-methyl/N-ethyl adjacent to an activating group) is 1. The number of carbonyl (C=O) groups excluding carboxylic acids is 2. The Labute approximate surface area is 244 Å². The van der Waals surface area contributed by atoms with Gasteiger partial charge in [0.2, 0.25) is 5.91 Å². The van der Waals surface area contributed by atoms with Gasteiger partial charge in [-0.15, -0.1) is 11.3 Å². The molecule has 0 radical (unpaired) electrons. The molecule has 3 N–H and O–H groups in total. The average Bonchev–Trinajstić information content (AvgIpc) is 3.67. The van der Waals surface area contributed by atoms with Gasteiger partial charge < -0.3 is 20.5 Å². The first-order valence-electron chi connectivity index (χ1n) is 14.1. The highest BCUT2D eigenvalue weighted by Gasteiger charge is 2.26. The normalized spacial score (nSPS) is 13.6. The van der Waals surface area contributed by atoms with Crippen LogP contribution in [0.4, 0.5) is 5.69 Å². The second kappa shape index (κ2) is 12.6. The molecule has 0 aliphatic carbocycles. The fraction of sp³-hybridized carbons (Fsp3) is 0.312. The lowest BCUT2D eigenvalue weighted by molar-refractivity contribution is -0.121. The van der Waals surface area contributed by atoms with Crippen LogP contribution in [0.2, 0.25) is 0 Å². The van der Waals surface area contributed by atoms with E-state index in [0.717, 1.165) is 75.2 Å². The third-order valence-corrected chi connectivity index (χ3v) is 8.59. The van der Waals surface area contributed by atoms with E-state index in [1.54, 1.807) is 23.7 Å². The summed E-state index contributed by atoms with van der Waals surface area (Å²) in [5.74, 6) is -0.0727. The highest BCUT2D eigenvalue weighted by molar-refractivity contribution is 7.13. The highest BCUT2D eigenvalue weighted by atomic mass is 32.1. The minimum Gasteiger partial charge on any atom is -0.359 e. The van der Waals surface area contributed by atoms with E-state index in [1.807, 2.05) is 55.6 Å². The summed E-state index contributed by atoms with van der Waals surface area (Å²) in [6, 6.07) is 9.85. The van der Waals surface area contributed by atoms with Crippen LogP contribution >= 0.6 is 11.3 Å². The summed E-state index contributed by atoms with van der Waals surface area (Å²) < 4.78 is 0. The van der Waals surface area contributed by atoms with Gasteiger partial charge in [-0.05, 0) is 74.8 Å².